The van der Waals surface area contributed by atoms with Gasteiger partial charge in [0.1, 0.15) is 0 Å². The van der Waals surface area contributed by atoms with Crippen LogP contribution in [0.4, 0.5) is 0 Å². The molecule has 0 rings (SSSR count). The largest absolute Gasteiger partial charge is 0.396 e. The molecule has 0 aliphatic rings. The molecule has 4 heteroatoms. The summed E-state index contributed by atoms with van der Waals surface area (Å²) < 4.78 is 0. The third-order valence-electron chi connectivity index (χ3n) is 1.10. The highest BCUT2D eigenvalue weighted by Crippen LogP contribution is 1.98. The van der Waals surface area contributed by atoms with Gasteiger partial charge >= 0.3 is 0 Å². The number of nitrogens with zero attached hydrogens (tertiary/aromatic N) is 3. The van der Waals surface area contributed by atoms with Crippen LogP contribution in [0.2, 0.25) is 0 Å². The average molecular weight is 129 g/mol. The highest BCUT2D eigenvalue weighted by molar-refractivity contribution is 4.53. The van der Waals surface area contributed by atoms with Crippen LogP contribution >= 0.6 is 0 Å². The summed E-state index contributed by atoms with van der Waals surface area (Å²) in [6.45, 7) is 2.56. The van der Waals surface area contributed by atoms with Crippen molar-refractivity contribution in [2.75, 3.05) is 13.2 Å². The maximum Gasteiger partial charge on any atom is 0.0456 e. The highest BCUT2D eigenvalue weighted by atomic mass is 16.3. The number of azide groups is 1. The molecular formula is C5H11N3O. The van der Waals surface area contributed by atoms with Gasteiger partial charge in [-0.1, -0.05) is 12.0 Å². The average Bonchev–Trinajstić information content (AvgIpc) is 1.89. The molecule has 1 N–H and O–H groups in total. The van der Waals surface area contributed by atoms with Crippen LogP contribution in [0.3, 0.4) is 0 Å². The first-order valence-electron chi connectivity index (χ1n) is 2.93. The lowest BCUT2D eigenvalue weighted by Crippen LogP contribution is -2.01. The molecular weight excluding hydrogens is 118 g/mol. The molecule has 0 unspecified atom stereocenters. The number of hydrogen-bond donors (Lipinski definition) is 1. The van der Waals surface area contributed by atoms with Gasteiger partial charge in [-0.05, 0) is 17.9 Å². The fourth-order valence-corrected chi connectivity index (χ4v) is 0.414. The first kappa shape index (κ1) is 8.27. The van der Waals surface area contributed by atoms with Gasteiger partial charge in [0.2, 0.25) is 0 Å². The van der Waals surface area contributed by atoms with E-state index < -0.39 is 0 Å². The summed E-state index contributed by atoms with van der Waals surface area (Å²) in [4.78, 5) is 2.59. The Bertz CT molecular complexity index is 109. The molecule has 0 aromatic heterocycles. The van der Waals surface area contributed by atoms with Gasteiger partial charge in [0.05, 0.1) is 0 Å². The molecule has 0 spiro atoms. The van der Waals surface area contributed by atoms with Gasteiger partial charge in [0, 0.05) is 18.1 Å². The normalized spacial score (nSPS) is 12.2. The minimum absolute atomic E-state index is 0.168. The quantitative estimate of drug-likeness (QED) is 0.347. The minimum atomic E-state index is 0.168. The Morgan fingerprint density at radius 2 is 2.44 bits per heavy atom. The monoisotopic (exact) mass is 129 g/mol. The predicted octanol–water partition coefficient (Wildman–Crippen LogP) is 1.32. The van der Waals surface area contributed by atoms with Crippen molar-refractivity contribution < 1.29 is 5.11 Å². The van der Waals surface area contributed by atoms with Gasteiger partial charge in [-0.25, -0.2) is 0 Å². The van der Waals surface area contributed by atoms with Crippen LogP contribution in [0.1, 0.15) is 13.3 Å². The molecule has 4 nitrogen and oxygen atoms in total. The first-order valence-corrected chi connectivity index (χ1v) is 2.93. The Kier molecular flexibility index (Phi) is 4.97. The topological polar surface area (TPSA) is 69.0 Å². The van der Waals surface area contributed by atoms with Crippen molar-refractivity contribution in [1.82, 2.24) is 0 Å². The first-order chi connectivity index (χ1) is 4.31. The second kappa shape index (κ2) is 5.41. The van der Waals surface area contributed by atoms with Crippen molar-refractivity contribution in [2.45, 2.75) is 13.3 Å². The molecule has 0 bridgehead atoms. The molecule has 0 aliphatic carbocycles. The van der Waals surface area contributed by atoms with E-state index in [9.17, 15) is 0 Å². The lowest BCUT2D eigenvalue weighted by Gasteiger charge is -2.01. The summed E-state index contributed by atoms with van der Waals surface area (Å²) in [5.74, 6) is 0.246. The fourth-order valence-electron chi connectivity index (χ4n) is 0.414. The van der Waals surface area contributed by atoms with Crippen molar-refractivity contribution in [3.05, 3.63) is 10.4 Å². The molecule has 0 saturated heterocycles. The molecule has 1 atom stereocenters. The Labute approximate surface area is 54.1 Å². The smallest absolute Gasteiger partial charge is 0.0456 e. The van der Waals surface area contributed by atoms with Gasteiger partial charge in [0.25, 0.3) is 0 Å². The van der Waals surface area contributed by atoms with E-state index in [1.165, 1.54) is 0 Å². The number of aliphatic hydroxyl groups excluding tert-OH is 1. The lowest BCUT2D eigenvalue weighted by atomic mass is 10.1. The van der Waals surface area contributed by atoms with Crippen LogP contribution in [-0.4, -0.2) is 18.3 Å². The number of rotatable bonds is 4. The third-order valence-corrected chi connectivity index (χ3v) is 1.10. The van der Waals surface area contributed by atoms with E-state index in [2.05, 4.69) is 10.0 Å². The van der Waals surface area contributed by atoms with Crippen molar-refractivity contribution in [2.24, 2.45) is 11.0 Å². The summed E-state index contributed by atoms with van der Waals surface area (Å²) >= 11 is 0. The summed E-state index contributed by atoms with van der Waals surface area (Å²) in [5.41, 5.74) is 7.85. The van der Waals surface area contributed by atoms with E-state index in [1.807, 2.05) is 6.92 Å². The molecule has 0 heterocycles. The summed E-state index contributed by atoms with van der Waals surface area (Å²) in [5, 5.41) is 11.8. The van der Waals surface area contributed by atoms with Crippen molar-refractivity contribution in [1.29, 1.82) is 0 Å². The van der Waals surface area contributed by atoms with Crippen LogP contribution in [0.5, 0.6) is 0 Å². The SMILES string of the molecule is C[C@@H](CO)CCN=[N+]=[N-]. The van der Waals surface area contributed by atoms with Crippen LogP contribution in [0, 0.1) is 5.92 Å². The summed E-state index contributed by atoms with van der Waals surface area (Å²) in [6.07, 6.45) is 0.764. The Hall–Kier alpha value is -0.730. The van der Waals surface area contributed by atoms with Gasteiger partial charge in [-0.15, -0.1) is 0 Å². The van der Waals surface area contributed by atoms with Crippen molar-refractivity contribution in [3.63, 3.8) is 0 Å². The second-order valence-electron chi connectivity index (χ2n) is 2.03. The Balaban J connectivity index is 3.16. The molecule has 9 heavy (non-hydrogen) atoms. The van der Waals surface area contributed by atoms with E-state index >= 15 is 0 Å². The Morgan fingerprint density at radius 1 is 1.78 bits per heavy atom. The lowest BCUT2D eigenvalue weighted by molar-refractivity contribution is 0.232. The molecule has 0 amide bonds. The molecule has 0 fully saturated rings. The van der Waals surface area contributed by atoms with Crippen LogP contribution < -0.4 is 0 Å². The van der Waals surface area contributed by atoms with Crippen LogP contribution in [0.15, 0.2) is 5.11 Å². The third kappa shape index (κ3) is 5.14. The van der Waals surface area contributed by atoms with Gasteiger partial charge in [-0.2, -0.15) is 0 Å². The van der Waals surface area contributed by atoms with E-state index in [0.717, 1.165) is 6.42 Å². The maximum absolute atomic E-state index is 8.50. The zero-order valence-electron chi connectivity index (χ0n) is 5.49. The number of aliphatic hydroxyl groups is 1. The van der Waals surface area contributed by atoms with Crippen molar-refractivity contribution in [3.8, 4) is 0 Å². The van der Waals surface area contributed by atoms with Crippen molar-refractivity contribution >= 4 is 0 Å². The second-order valence-corrected chi connectivity index (χ2v) is 2.03. The van der Waals surface area contributed by atoms with E-state index in [0.29, 0.717) is 6.54 Å². The molecule has 0 aromatic carbocycles. The molecule has 52 valence electrons. The zero-order valence-corrected chi connectivity index (χ0v) is 5.49. The van der Waals surface area contributed by atoms with Gasteiger partial charge < -0.3 is 5.11 Å². The molecule has 0 saturated carbocycles. The summed E-state index contributed by atoms with van der Waals surface area (Å²) in [6, 6.07) is 0. The maximum atomic E-state index is 8.50. The van der Waals surface area contributed by atoms with Crippen LogP contribution in [-0.2, 0) is 0 Å². The van der Waals surface area contributed by atoms with E-state index in [-0.39, 0.29) is 12.5 Å². The fraction of sp³-hybridized carbons (Fsp3) is 1.00. The van der Waals surface area contributed by atoms with Gasteiger partial charge in [-0.3, -0.25) is 0 Å². The van der Waals surface area contributed by atoms with E-state index in [1.54, 1.807) is 0 Å². The predicted molar refractivity (Wildman–Crippen MR) is 34.9 cm³/mol. The summed E-state index contributed by atoms with van der Waals surface area (Å²) in [7, 11) is 0. The standard InChI is InChI=1S/C5H11N3O/c1-5(4-9)2-3-7-8-6/h5,9H,2-4H2,1H3/t5-/m1/s1. The minimum Gasteiger partial charge on any atom is -0.396 e. The molecule has 0 aromatic rings. The number of hydrogen-bond acceptors (Lipinski definition) is 2. The molecule has 0 radical (unpaired) electrons. The highest BCUT2D eigenvalue weighted by Gasteiger charge is 1.95. The van der Waals surface area contributed by atoms with Gasteiger partial charge in [0.15, 0.2) is 0 Å². The van der Waals surface area contributed by atoms with E-state index in [4.69, 9.17) is 10.6 Å². The zero-order chi connectivity index (χ0) is 7.11. The van der Waals surface area contributed by atoms with Crippen LogP contribution in [0.25, 0.3) is 10.4 Å². The Morgan fingerprint density at radius 3 is 2.89 bits per heavy atom. The molecule has 0 aliphatic heterocycles.